The molecule has 18 heavy (non-hydrogen) atoms. The van der Waals surface area contributed by atoms with Crippen LogP contribution in [0.15, 0.2) is 29.4 Å². The van der Waals surface area contributed by atoms with E-state index >= 15 is 0 Å². The van der Waals surface area contributed by atoms with Crippen molar-refractivity contribution in [3.8, 4) is 5.75 Å². The fourth-order valence-electron chi connectivity index (χ4n) is 1.46. The highest BCUT2D eigenvalue weighted by Gasteiger charge is 2.27. The lowest BCUT2D eigenvalue weighted by atomic mass is 10.5. The molecule has 0 atom stereocenters. The third kappa shape index (κ3) is 2.32. The maximum Gasteiger partial charge on any atom is 0.344 e. The van der Waals surface area contributed by atoms with Gasteiger partial charge in [-0.25, -0.2) is 0 Å². The van der Waals surface area contributed by atoms with Crippen LogP contribution in [0.4, 0.5) is 0 Å². The van der Waals surface area contributed by atoms with Gasteiger partial charge in [-0.1, -0.05) is 11.6 Å². The Hall–Kier alpha value is -1.60. The molecule has 2 aromatic heterocycles. The number of rotatable bonds is 3. The predicted molar refractivity (Wildman–Crippen MR) is 65.0 cm³/mol. The summed E-state index contributed by atoms with van der Waals surface area (Å²) in [4.78, 5) is 3.64. The minimum Gasteiger partial charge on any atom is -0.377 e. The van der Waals surface area contributed by atoms with Crippen LogP contribution in [0.25, 0.3) is 0 Å². The Morgan fingerprint density at radius 3 is 2.67 bits per heavy atom. The molecule has 0 radical (unpaired) electrons. The van der Waals surface area contributed by atoms with Crippen molar-refractivity contribution in [3.05, 3.63) is 35.4 Å². The van der Waals surface area contributed by atoms with Crippen molar-refractivity contribution in [3.63, 3.8) is 0 Å². The van der Waals surface area contributed by atoms with E-state index < -0.39 is 10.1 Å². The van der Waals surface area contributed by atoms with Crippen molar-refractivity contribution in [2.24, 2.45) is 7.05 Å². The molecule has 2 heterocycles. The third-order valence-corrected chi connectivity index (χ3v) is 4.14. The van der Waals surface area contributed by atoms with Crippen LogP contribution in [-0.2, 0) is 17.2 Å². The Morgan fingerprint density at radius 1 is 1.44 bits per heavy atom. The van der Waals surface area contributed by atoms with Crippen molar-refractivity contribution in [1.82, 2.24) is 14.8 Å². The monoisotopic (exact) mass is 287 g/mol. The smallest absolute Gasteiger partial charge is 0.344 e. The van der Waals surface area contributed by atoms with Gasteiger partial charge in [0, 0.05) is 13.2 Å². The molecule has 0 aromatic carbocycles. The Labute approximate surface area is 109 Å². The lowest BCUT2D eigenvalue weighted by Gasteiger charge is -2.05. The number of halogens is 1. The van der Waals surface area contributed by atoms with E-state index in [1.54, 1.807) is 20.0 Å². The van der Waals surface area contributed by atoms with Crippen LogP contribution in [0.3, 0.4) is 0 Å². The second-order valence-corrected chi connectivity index (χ2v) is 5.40. The van der Waals surface area contributed by atoms with Crippen LogP contribution in [0.5, 0.6) is 5.75 Å². The van der Waals surface area contributed by atoms with E-state index in [1.807, 2.05) is 0 Å². The zero-order chi connectivity index (χ0) is 13.3. The fraction of sp³-hybridized carbons (Fsp3) is 0.200. The van der Waals surface area contributed by atoms with Crippen LogP contribution in [0.2, 0.25) is 5.15 Å². The number of aryl methyl sites for hydroxylation is 2. The molecule has 6 nitrogen and oxygen atoms in total. The lowest BCUT2D eigenvalue weighted by Crippen LogP contribution is -2.11. The number of aromatic nitrogens is 3. The highest BCUT2D eigenvalue weighted by molar-refractivity contribution is 7.87. The molecule has 96 valence electrons. The van der Waals surface area contributed by atoms with Crippen molar-refractivity contribution in [2.75, 3.05) is 0 Å². The molecule has 0 amide bonds. The topological polar surface area (TPSA) is 74.1 Å². The number of hydrogen-bond acceptors (Lipinski definition) is 5. The van der Waals surface area contributed by atoms with Crippen LogP contribution in [0.1, 0.15) is 5.69 Å². The number of hydrogen-bond donors (Lipinski definition) is 0. The Kier molecular flexibility index (Phi) is 3.27. The fourth-order valence-corrected chi connectivity index (χ4v) is 3.09. The van der Waals surface area contributed by atoms with Gasteiger partial charge in [0.2, 0.25) is 0 Å². The van der Waals surface area contributed by atoms with Crippen molar-refractivity contribution in [1.29, 1.82) is 0 Å². The van der Waals surface area contributed by atoms with E-state index in [0.717, 1.165) is 0 Å². The van der Waals surface area contributed by atoms with Gasteiger partial charge in [0.05, 0.1) is 11.9 Å². The van der Waals surface area contributed by atoms with Crippen molar-refractivity contribution >= 4 is 21.7 Å². The summed E-state index contributed by atoms with van der Waals surface area (Å²) >= 11 is 5.89. The molecule has 2 rings (SSSR count). The van der Waals surface area contributed by atoms with E-state index in [1.165, 1.54) is 23.1 Å². The molecule has 0 N–H and O–H groups in total. The van der Waals surface area contributed by atoms with Gasteiger partial charge in [0.1, 0.15) is 5.15 Å². The molecule has 0 aliphatic heterocycles. The molecule has 2 aromatic rings. The molecule has 0 saturated carbocycles. The summed E-state index contributed by atoms with van der Waals surface area (Å²) in [5, 5.41) is 3.94. The highest BCUT2D eigenvalue weighted by atomic mass is 35.5. The first-order valence-corrected chi connectivity index (χ1v) is 6.74. The average Bonchev–Trinajstić information content (AvgIpc) is 2.54. The maximum absolute atomic E-state index is 12.1. The van der Waals surface area contributed by atoms with Gasteiger partial charge >= 0.3 is 10.1 Å². The molecule has 0 bridgehead atoms. The van der Waals surface area contributed by atoms with Gasteiger partial charge in [0.25, 0.3) is 0 Å². The summed E-state index contributed by atoms with van der Waals surface area (Å²) in [6.07, 6.45) is 2.82. The highest BCUT2D eigenvalue weighted by Crippen LogP contribution is 2.26. The van der Waals surface area contributed by atoms with Gasteiger partial charge in [-0.3, -0.25) is 9.67 Å². The van der Waals surface area contributed by atoms with Crippen LogP contribution >= 0.6 is 11.6 Å². The molecule has 0 fully saturated rings. The second kappa shape index (κ2) is 4.58. The molecular weight excluding hydrogens is 278 g/mol. The second-order valence-electron chi connectivity index (χ2n) is 3.56. The molecule has 0 aliphatic carbocycles. The molecule has 0 spiro atoms. The van der Waals surface area contributed by atoms with E-state index in [2.05, 4.69) is 10.1 Å². The summed E-state index contributed by atoms with van der Waals surface area (Å²) < 4.78 is 30.3. The summed E-state index contributed by atoms with van der Waals surface area (Å²) in [5.41, 5.74) is 0.284. The first kappa shape index (κ1) is 12.8. The summed E-state index contributed by atoms with van der Waals surface area (Å²) in [5.74, 6) is 0.122. The van der Waals surface area contributed by atoms with Gasteiger partial charge in [-0.15, -0.1) is 0 Å². The van der Waals surface area contributed by atoms with Crippen LogP contribution in [-0.4, -0.2) is 23.2 Å². The largest absolute Gasteiger partial charge is 0.377 e. The molecule has 0 saturated heterocycles. The van der Waals surface area contributed by atoms with Gasteiger partial charge in [-0.2, -0.15) is 13.5 Å². The predicted octanol–water partition coefficient (Wildman–Crippen LogP) is 1.54. The summed E-state index contributed by atoms with van der Waals surface area (Å²) in [6.45, 7) is 1.55. The van der Waals surface area contributed by atoms with E-state index in [4.69, 9.17) is 15.8 Å². The zero-order valence-corrected chi connectivity index (χ0v) is 11.2. The average molecular weight is 288 g/mol. The minimum absolute atomic E-state index is 0.0105. The Balaban J connectivity index is 2.43. The van der Waals surface area contributed by atoms with Gasteiger partial charge in [-0.05, 0) is 19.1 Å². The van der Waals surface area contributed by atoms with E-state index in [9.17, 15) is 8.42 Å². The van der Waals surface area contributed by atoms with Crippen molar-refractivity contribution in [2.45, 2.75) is 11.8 Å². The quantitative estimate of drug-likeness (QED) is 0.801. The molecule has 0 unspecified atom stereocenters. The Morgan fingerprint density at radius 2 is 2.17 bits per heavy atom. The first-order valence-electron chi connectivity index (χ1n) is 4.95. The van der Waals surface area contributed by atoms with Crippen LogP contribution < -0.4 is 4.18 Å². The van der Waals surface area contributed by atoms with Crippen LogP contribution in [0, 0.1) is 6.92 Å². The molecule has 0 aliphatic rings. The molecular formula is C10H10ClN3O3S. The van der Waals surface area contributed by atoms with Crippen molar-refractivity contribution < 1.29 is 12.6 Å². The zero-order valence-electron chi connectivity index (χ0n) is 9.66. The van der Waals surface area contributed by atoms with Gasteiger partial charge in [0.15, 0.2) is 10.6 Å². The third-order valence-electron chi connectivity index (χ3n) is 2.19. The summed E-state index contributed by atoms with van der Waals surface area (Å²) in [7, 11) is -2.46. The number of pyridine rings is 1. The first-order chi connectivity index (χ1) is 8.42. The molecule has 8 heteroatoms. The normalized spacial score (nSPS) is 11.5. The lowest BCUT2D eigenvalue weighted by molar-refractivity contribution is 0.484. The maximum atomic E-state index is 12.1. The number of nitrogens with zero attached hydrogens (tertiary/aromatic N) is 3. The standard InChI is InChI=1S/C10H10ClN3O3S/c1-7-9(10(11)14(2)13-7)18(15,16)17-8-4-3-5-12-6-8/h3-6H,1-2H3. The minimum atomic E-state index is -4.01. The van der Waals surface area contributed by atoms with Gasteiger partial charge < -0.3 is 4.18 Å². The van der Waals surface area contributed by atoms with E-state index in [0.29, 0.717) is 0 Å². The SMILES string of the molecule is Cc1nn(C)c(Cl)c1S(=O)(=O)Oc1cccnc1. The summed E-state index contributed by atoms with van der Waals surface area (Å²) in [6, 6.07) is 3.06. The Bertz CT molecular complexity index is 667. The van der Waals surface area contributed by atoms with E-state index in [-0.39, 0.29) is 21.5 Å².